The molecule has 2 nitrogen and oxygen atoms in total. The first-order valence-corrected chi connectivity index (χ1v) is 7.34. The van der Waals surface area contributed by atoms with Crippen LogP contribution in [0.15, 0.2) is 18.2 Å². The van der Waals surface area contributed by atoms with Crippen molar-refractivity contribution in [3.05, 3.63) is 29.3 Å². The third kappa shape index (κ3) is 3.17. The summed E-state index contributed by atoms with van der Waals surface area (Å²) in [7, 11) is 1.66. The Morgan fingerprint density at radius 3 is 2.53 bits per heavy atom. The molecule has 0 spiro atoms. The highest BCUT2D eigenvalue weighted by Gasteiger charge is 2.26. The molecule has 0 saturated heterocycles. The lowest BCUT2D eigenvalue weighted by molar-refractivity contribution is 0.0870. The highest BCUT2D eigenvalue weighted by Crippen LogP contribution is 2.33. The molecular formula is C17H24O2. The molecule has 1 aliphatic rings. The van der Waals surface area contributed by atoms with Crippen LogP contribution >= 0.6 is 0 Å². The smallest absolute Gasteiger partial charge is 0.166 e. The zero-order valence-electron chi connectivity index (χ0n) is 12.2. The van der Waals surface area contributed by atoms with Crippen molar-refractivity contribution in [2.24, 2.45) is 11.8 Å². The maximum absolute atomic E-state index is 12.5. The van der Waals surface area contributed by atoms with Crippen molar-refractivity contribution >= 4 is 5.78 Å². The summed E-state index contributed by atoms with van der Waals surface area (Å²) in [6.07, 6.45) is 5.76. The number of benzene rings is 1. The van der Waals surface area contributed by atoms with Crippen molar-refractivity contribution in [2.45, 2.75) is 46.0 Å². The molecular weight excluding hydrogens is 236 g/mol. The van der Waals surface area contributed by atoms with Crippen molar-refractivity contribution in [3.8, 4) is 5.75 Å². The third-order valence-electron chi connectivity index (χ3n) is 4.49. The number of Topliss-reactive ketones (excluding diaryl/α,β-unsaturated/α-hetero) is 1. The van der Waals surface area contributed by atoms with Gasteiger partial charge in [0.25, 0.3) is 0 Å². The number of hydrogen-bond donors (Lipinski definition) is 0. The Morgan fingerprint density at radius 1 is 1.26 bits per heavy atom. The second-order valence-electron chi connectivity index (χ2n) is 5.67. The maximum Gasteiger partial charge on any atom is 0.166 e. The Morgan fingerprint density at radius 2 is 1.95 bits per heavy atom. The average molecular weight is 260 g/mol. The minimum Gasteiger partial charge on any atom is -0.496 e. The number of aryl methyl sites for hydroxylation is 1. The van der Waals surface area contributed by atoms with E-state index in [1.165, 1.54) is 19.3 Å². The first kappa shape index (κ1) is 14.1. The monoisotopic (exact) mass is 260 g/mol. The molecule has 0 aliphatic heterocycles. The third-order valence-corrected chi connectivity index (χ3v) is 4.49. The van der Waals surface area contributed by atoms with E-state index in [2.05, 4.69) is 6.92 Å². The number of ether oxygens (including phenoxy) is 1. The van der Waals surface area contributed by atoms with Gasteiger partial charge in [-0.05, 0) is 50.2 Å². The summed E-state index contributed by atoms with van der Waals surface area (Å²) in [5, 5.41) is 0. The molecule has 0 unspecified atom stereocenters. The van der Waals surface area contributed by atoms with Crippen molar-refractivity contribution in [2.75, 3.05) is 7.11 Å². The van der Waals surface area contributed by atoms with Crippen LogP contribution in [-0.2, 0) is 0 Å². The van der Waals surface area contributed by atoms with Gasteiger partial charge in [0.15, 0.2) is 5.78 Å². The molecule has 0 heterocycles. The Labute approximate surface area is 116 Å². The highest BCUT2D eigenvalue weighted by molar-refractivity contribution is 5.98. The summed E-state index contributed by atoms with van der Waals surface area (Å²) in [6.45, 7) is 4.25. The summed E-state index contributed by atoms with van der Waals surface area (Å²) in [5.74, 6) is 2.16. The van der Waals surface area contributed by atoms with Crippen LogP contribution in [0.2, 0.25) is 0 Å². The summed E-state index contributed by atoms with van der Waals surface area (Å²) in [5.41, 5.74) is 1.89. The molecule has 0 aromatic heterocycles. The number of rotatable bonds is 4. The molecule has 1 aromatic rings. The van der Waals surface area contributed by atoms with Gasteiger partial charge in [0.1, 0.15) is 5.75 Å². The number of hydrogen-bond acceptors (Lipinski definition) is 2. The quantitative estimate of drug-likeness (QED) is 0.750. The van der Waals surface area contributed by atoms with Crippen LogP contribution in [0.4, 0.5) is 0 Å². The molecule has 1 fully saturated rings. The molecule has 0 N–H and O–H groups in total. The lowest BCUT2D eigenvalue weighted by Crippen LogP contribution is -2.21. The SMILES string of the molecule is CCC1CCC(C(=O)c2ccc(C)c(OC)c2)CC1. The number of ketones is 1. The molecule has 1 saturated carbocycles. The predicted octanol–water partition coefficient (Wildman–Crippen LogP) is 4.40. The lowest BCUT2D eigenvalue weighted by atomic mass is 9.78. The van der Waals surface area contributed by atoms with Crippen molar-refractivity contribution < 1.29 is 9.53 Å². The fourth-order valence-corrected chi connectivity index (χ4v) is 3.04. The fourth-order valence-electron chi connectivity index (χ4n) is 3.04. The van der Waals surface area contributed by atoms with E-state index in [-0.39, 0.29) is 5.92 Å². The fraction of sp³-hybridized carbons (Fsp3) is 0.588. The van der Waals surface area contributed by atoms with Crippen LogP contribution in [0.3, 0.4) is 0 Å². The number of methoxy groups -OCH3 is 1. The minimum absolute atomic E-state index is 0.218. The van der Waals surface area contributed by atoms with Crippen molar-refractivity contribution in [3.63, 3.8) is 0 Å². The van der Waals surface area contributed by atoms with Gasteiger partial charge in [0.2, 0.25) is 0 Å². The summed E-state index contributed by atoms with van der Waals surface area (Å²) in [6, 6.07) is 5.80. The van der Waals surface area contributed by atoms with E-state index in [1.807, 2.05) is 25.1 Å². The molecule has 2 rings (SSSR count). The van der Waals surface area contributed by atoms with Gasteiger partial charge in [-0.25, -0.2) is 0 Å². The van der Waals surface area contributed by atoms with Crippen LogP contribution in [0.1, 0.15) is 54.9 Å². The summed E-state index contributed by atoms with van der Waals surface area (Å²) < 4.78 is 5.31. The second-order valence-corrected chi connectivity index (χ2v) is 5.67. The zero-order valence-corrected chi connectivity index (χ0v) is 12.2. The Balaban J connectivity index is 2.08. The van der Waals surface area contributed by atoms with Gasteiger partial charge < -0.3 is 4.74 Å². The Bertz CT molecular complexity index is 443. The lowest BCUT2D eigenvalue weighted by Gasteiger charge is -2.26. The molecule has 2 heteroatoms. The van der Waals surface area contributed by atoms with Crippen molar-refractivity contribution in [1.29, 1.82) is 0 Å². The van der Waals surface area contributed by atoms with E-state index in [9.17, 15) is 4.79 Å². The predicted molar refractivity (Wildman–Crippen MR) is 77.8 cm³/mol. The van der Waals surface area contributed by atoms with Gasteiger partial charge in [0, 0.05) is 11.5 Å². The van der Waals surface area contributed by atoms with E-state index in [1.54, 1.807) is 7.11 Å². The van der Waals surface area contributed by atoms with E-state index >= 15 is 0 Å². The van der Waals surface area contributed by atoms with Gasteiger partial charge in [-0.3, -0.25) is 4.79 Å². The second kappa shape index (κ2) is 6.23. The molecule has 1 aliphatic carbocycles. The van der Waals surface area contributed by atoms with Crippen LogP contribution in [0.25, 0.3) is 0 Å². The van der Waals surface area contributed by atoms with Crippen LogP contribution in [0, 0.1) is 18.8 Å². The standard InChI is InChI=1S/C17H24O2/c1-4-13-6-9-14(10-7-13)17(18)15-8-5-12(2)16(11-15)19-3/h5,8,11,13-14H,4,6-7,9-10H2,1-3H3. The van der Waals surface area contributed by atoms with Crippen molar-refractivity contribution in [1.82, 2.24) is 0 Å². The topological polar surface area (TPSA) is 26.3 Å². The highest BCUT2D eigenvalue weighted by atomic mass is 16.5. The van der Waals surface area contributed by atoms with E-state index in [0.29, 0.717) is 5.78 Å². The van der Waals surface area contributed by atoms with Gasteiger partial charge >= 0.3 is 0 Å². The van der Waals surface area contributed by atoms with Gasteiger partial charge in [-0.1, -0.05) is 25.5 Å². The Hall–Kier alpha value is -1.31. The Kier molecular flexibility index (Phi) is 4.62. The zero-order chi connectivity index (χ0) is 13.8. The normalized spacial score (nSPS) is 23.1. The molecule has 0 bridgehead atoms. The molecule has 1 aromatic carbocycles. The van der Waals surface area contributed by atoms with E-state index in [4.69, 9.17) is 4.74 Å². The molecule has 104 valence electrons. The molecule has 0 atom stereocenters. The number of carbonyl (C=O) groups excluding carboxylic acids is 1. The largest absolute Gasteiger partial charge is 0.496 e. The van der Waals surface area contributed by atoms with Crippen LogP contribution in [-0.4, -0.2) is 12.9 Å². The van der Waals surface area contributed by atoms with Crippen LogP contribution < -0.4 is 4.74 Å². The summed E-state index contributed by atoms with van der Waals surface area (Å²) in [4.78, 5) is 12.5. The van der Waals surface area contributed by atoms with Gasteiger partial charge in [-0.15, -0.1) is 0 Å². The first-order chi connectivity index (χ1) is 9.15. The average Bonchev–Trinajstić information content (AvgIpc) is 2.47. The summed E-state index contributed by atoms with van der Waals surface area (Å²) >= 11 is 0. The van der Waals surface area contributed by atoms with Gasteiger partial charge in [0.05, 0.1) is 7.11 Å². The molecule has 0 radical (unpaired) electrons. The van der Waals surface area contributed by atoms with Gasteiger partial charge in [-0.2, -0.15) is 0 Å². The molecule has 19 heavy (non-hydrogen) atoms. The first-order valence-electron chi connectivity index (χ1n) is 7.34. The minimum atomic E-state index is 0.218. The maximum atomic E-state index is 12.5. The van der Waals surface area contributed by atoms with E-state index < -0.39 is 0 Å². The van der Waals surface area contributed by atoms with E-state index in [0.717, 1.165) is 35.6 Å². The molecule has 0 amide bonds. The number of carbonyl (C=O) groups is 1. The van der Waals surface area contributed by atoms with Crippen LogP contribution in [0.5, 0.6) is 5.75 Å².